The molecule has 0 aromatic carbocycles. The molecule has 0 amide bonds. The first-order chi connectivity index (χ1) is 4.85. The van der Waals surface area contributed by atoms with Crippen molar-refractivity contribution in [2.24, 2.45) is 11.1 Å². The Hall–Kier alpha value is 0.210. The van der Waals surface area contributed by atoms with E-state index in [-0.39, 0.29) is 12.4 Å². The van der Waals surface area contributed by atoms with E-state index in [1.54, 1.807) is 0 Å². The summed E-state index contributed by atoms with van der Waals surface area (Å²) < 4.78 is 5.59. The minimum atomic E-state index is 0. The number of rotatable bonds is 1. The summed E-state index contributed by atoms with van der Waals surface area (Å²) in [5, 5.41) is 0. The van der Waals surface area contributed by atoms with Gasteiger partial charge in [-0.2, -0.15) is 0 Å². The van der Waals surface area contributed by atoms with E-state index in [4.69, 9.17) is 10.5 Å². The van der Waals surface area contributed by atoms with E-state index < -0.39 is 0 Å². The van der Waals surface area contributed by atoms with Gasteiger partial charge in [0.05, 0.1) is 12.7 Å². The molecule has 1 aliphatic carbocycles. The maximum absolute atomic E-state index is 5.70. The van der Waals surface area contributed by atoms with Crippen molar-refractivity contribution in [3.8, 4) is 0 Å². The second-order valence-electron chi connectivity index (χ2n) is 3.73. The van der Waals surface area contributed by atoms with Crippen molar-refractivity contribution in [2.75, 3.05) is 13.2 Å². The van der Waals surface area contributed by atoms with Crippen LogP contribution in [0, 0.1) is 5.41 Å². The van der Waals surface area contributed by atoms with Gasteiger partial charge in [-0.3, -0.25) is 0 Å². The average Bonchev–Trinajstić information content (AvgIpc) is 2.29. The van der Waals surface area contributed by atoms with Gasteiger partial charge < -0.3 is 10.5 Å². The molecule has 2 N–H and O–H groups in total. The summed E-state index contributed by atoms with van der Waals surface area (Å²) in [6.07, 6.45) is 5.66. The third-order valence-corrected chi connectivity index (χ3v) is 2.95. The molecule has 2 nitrogen and oxygen atoms in total. The van der Waals surface area contributed by atoms with E-state index in [9.17, 15) is 0 Å². The normalized spacial score (nSPS) is 41.7. The van der Waals surface area contributed by atoms with E-state index in [0.717, 1.165) is 13.2 Å². The van der Waals surface area contributed by atoms with Gasteiger partial charge >= 0.3 is 0 Å². The van der Waals surface area contributed by atoms with Crippen LogP contribution in [0.3, 0.4) is 0 Å². The molecule has 2 unspecified atom stereocenters. The summed E-state index contributed by atoms with van der Waals surface area (Å²) in [6, 6.07) is 0. The number of fused-ring (bicyclic) bond motifs is 2. The molecule has 66 valence electrons. The number of ether oxygens (including phenoxy) is 1. The zero-order valence-corrected chi connectivity index (χ0v) is 7.53. The Morgan fingerprint density at radius 1 is 1.55 bits per heavy atom. The maximum Gasteiger partial charge on any atom is 0.0582 e. The van der Waals surface area contributed by atoms with Gasteiger partial charge in [-0.25, -0.2) is 0 Å². The summed E-state index contributed by atoms with van der Waals surface area (Å²) in [6.45, 7) is 1.75. The lowest BCUT2D eigenvalue weighted by Crippen LogP contribution is -2.33. The topological polar surface area (TPSA) is 35.2 Å². The van der Waals surface area contributed by atoms with Crippen LogP contribution in [0.2, 0.25) is 0 Å². The van der Waals surface area contributed by atoms with Crippen LogP contribution in [0.1, 0.15) is 25.7 Å². The number of nitrogens with two attached hydrogens (primary N) is 1. The molecule has 0 aromatic rings. The lowest BCUT2D eigenvalue weighted by atomic mass is 9.76. The molecule has 1 saturated carbocycles. The monoisotopic (exact) mass is 177 g/mol. The molecule has 2 bridgehead atoms. The standard InChI is InChI=1S/C8H15NO.ClH/c9-5-8-3-1-2-7(4-8)10-6-8;/h7H,1-6,9H2;1H. The molecule has 2 atom stereocenters. The van der Waals surface area contributed by atoms with Crippen LogP contribution in [0.4, 0.5) is 0 Å². The highest BCUT2D eigenvalue weighted by Crippen LogP contribution is 2.42. The predicted molar refractivity (Wildman–Crippen MR) is 46.9 cm³/mol. The highest BCUT2D eigenvalue weighted by atomic mass is 35.5. The van der Waals surface area contributed by atoms with Crippen LogP contribution in [0.25, 0.3) is 0 Å². The summed E-state index contributed by atoms with van der Waals surface area (Å²) in [5.41, 5.74) is 6.09. The summed E-state index contributed by atoms with van der Waals surface area (Å²) in [4.78, 5) is 0. The SMILES string of the molecule is Cl.NCC12CCCC(C1)OC2. The maximum atomic E-state index is 5.70. The largest absolute Gasteiger partial charge is 0.378 e. The van der Waals surface area contributed by atoms with Gasteiger partial charge in [-0.15, -0.1) is 12.4 Å². The van der Waals surface area contributed by atoms with E-state index in [1.165, 1.54) is 25.7 Å². The van der Waals surface area contributed by atoms with Crippen molar-refractivity contribution in [1.82, 2.24) is 0 Å². The molecular weight excluding hydrogens is 162 g/mol. The van der Waals surface area contributed by atoms with Crippen LogP contribution < -0.4 is 5.73 Å². The van der Waals surface area contributed by atoms with Gasteiger partial charge in [0.2, 0.25) is 0 Å². The molecule has 0 radical (unpaired) electrons. The first-order valence-corrected chi connectivity index (χ1v) is 4.16. The van der Waals surface area contributed by atoms with Gasteiger partial charge in [-0.1, -0.05) is 6.42 Å². The second-order valence-corrected chi connectivity index (χ2v) is 3.73. The molecule has 1 aliphatic heterocycles. The van der Waals surface area contributed by atoms with Crippen LogP contribution in [-0.4, -0.2) is 19.3 Å². The van der Waals surface area contributed by atoms with Crippen LogP contribution in [0.5, 0.6) is 0 Å². The van der Waals surface area contributed by atoms with Crippen molar-refractivity contribution >= 4 is 12.4 Å². The molecule has 1 heterocycles. The molecule has 11 heavy (non-hydrogen) atoms. The van der Waals surface area contributed by atoms with Crippen molar-refractivity contribution in [1.29, 1.82) is 0 Å². The van der Waals surface area contributed by atoms with Gasteiger partial charge in [0.1, 0.15) is 0 Å². The molecule has 1 saturated heterocycles. The second kappa shape index (κ2) is 3.30. The molecule has 3 heteroatoms. The highest BCUT2D eigenvalue weighted by Gasteiger charge is 2.41. The third-order valence-electron chi connectivity index (χ3n) is 2.95. The van der Waals surface area contributed by atoms with E-state index >= 15 is 0 Å². The van der Waals surface area contributed by atoms with Crippen molar-refractivity contribution < 1.29 is 4.74 Å². The number of halogens is 1. The van der Waals surface area contributed by atoms with E-state index in [2.05, 4.69) is 0 Å². The Balaban J connectivity index is 0.000000605. The van der Waals surface area contributed by atoms with Gasteiger partial charge in [0, 0.05) is 12.0 Å². The Labute approximate surface area is 73.9 Å². The average molecular weight is 178 g/mol. The predicted octanol–water partition coefficient (Wildman–Crippen LogP) is 1.33. The van der Waals surface area contributed by atoms with Crippen LogP contribution in [-0.2, 0) is 4.74 Å². The highest BCUT2D eigenvalue weighted by molar-refractivity contribution is 5.85. The molecule has 0 aromatic heterocycles. The van der Waals surface area contributed by atoms with Crippen molar-refractivity contribution in [3.63, 3.8) is 0 Å². The molecule has 2 fully saturated rings. The zero-order valence-electron chi connectivity index (χ0n) is 6.71. The zero-order chi connectivity index (χ0) is 7.03. The summed E-state index contributed by atoms with van der Waals surface area (Å²) in [7, 11) is 0. The van der Waals surface area contributed by atoms with Crippen LogP contribution >= 0.6 is 12.4 Å². The van der Waals surface area contributed by atoms with E-state index in [1.807, 2.05) is 0 Å². The van der Waals surface area contributed by atoms with Gasteiger partial charge in [-0.05, 0) is 19.3 Å². The molecule has 0 spiro atoms. The number of hydrogen-bond acceptors (Lipinski definition) is 2. The molecular formula is C8H16ClNO. The lowest BCUT2D eigenvalue weighted by Gasteiger charge is -2.28. The molecule has 2 aliphatic rings. The number of hydrogen-bond donors (Lipinski definition) is 1. The van der Waals surface area contributed by atoms with Crippen molar-refractivity contribution in [2.45, 2.75) is 31.8 Å². The fraction of sp³-hybridized carbons (Fsp3) is 1.00. The Bertz CT molecular complexity index is 138. The third kappa shape index (κ3) is 1.53. The Morgan fingerprint density at radius 3 is 3.00 bits per heavy atom. The quantitative estimate of drug-likeness (QED) is 0.656. The minimum absolute atomic E-state index is 0. The first-order valence-electron chi connectivity index (χ1n) is 4.16. The summed E-state index contributed by atoms with van der Waals surface area (Å²) >= 11 is 0. The smallest absolute Gasteiger partial charge is 0.0582 e. The van der Waals surface area contributed by atoms with Crippen molar-refractivity contribution in [3.05, 3.63) is 0 Å². The summed E-state index contributed by atoms with van der Waals surface area (Å²) in [5.74, 6) is 0. The van der Waals surface area contributed by atoms with Gasteiger partial charge in [0.25, 0.3) is 0 Å². The Morgan fingerprint density at radius 2 is 2.36 bits per heavy atom. The fourth-order valence-corrected chi connectivity index (χ4v) is 2.20. The lowest BCUT2D eigenvalue weighted by molar-refractivity contribution is 0.104. The Kier molecular flexibility index (Phi) is 2.79. The fourth-order valence-electron chi connectivity index (χ4n) is 2.20. The minimum Gasteiger partial charge on any atom is -0.378 e. The van der Waals surface area contributed by atoms with E-state index in [0.29, 0.717) is 11.5 Å². The molecule has 2 rings (SSSR count). The van der Waals surface area contributed by atoms with Gasteiger partial charge in [0.15, 0.2) is 0 Å². The first kappa shape index (κ1) is 9.30. The van der Waals surface area contributed by atoms with Crippen LogP contribution in [0.15, 0.2) is 0 Å².